The summed E-state index contributed by atoms with van der Waals surface area (Å²) >= 11 is 5.93. The van der Waals surface area contributed by atoms with Gasteiger partial charge >= 0.3 is 0 Å². The van der Waals surface area contributed by atoms with Gasteiger partial charge in [0.15, 0.2) is 0 Å². The Hall–Kier alpha value is -2.53. The van der Waals surface area contributed by atoms with Gasteiger partial charge in [-0.3, -0.25) is 4.79 Å². The molecule has 1 unspecified atom stereocenters. The predicted molar refractivity (Wildman–Crippen MR) is 120 cm³/mol. The number of nitrogens with zero attached hydrogens (tertiary/aromatic N) is 3. The lowest BCUT2D eigenvalue weighted by Crippen LogP contribution is -2.42. The molecule has 1 atom stereocenters. The van der Waals surface area contributed by atoms with Crippen molar-refractivity contribution in [1.29, 1.82) is 0 Å². The molecule has 1 amide bonds. The van der Waals surface area contributed by atoms with Crippen LogP contribution in [0.2, 0.25) is 5.02 Å². The maximum Gasteiger partial charge on any atom is 0.223 e. The molecule has 2 aromatic carbocycles. The number of halogens is 1. The van der Waals surface area contributed by atoms with Crippen molar-refractivity contribution in [2.75, 3.05) is 13.2 Å². The minimum absolute atomic E-state index is 0.112. The van der Waals surface area contributed by atoms with E-state index >= 15 is 0 Å². The number of aromatic nitrogens is 2. The van der Waals surface area contributed by atoms with Gasteiger partial charge in [-0.1, -0.05) is 23.7 Å². The molecule has 30 heavy (non-hydrogen) atoms. The molecule has 1 aromatic heterocycles. The van der Waals surface area contributed by atoms with E-state index < -0.39 is 0 Å². The Morgan fingerprint density at radius 3 is 2.57 bits per heavy atom. The van der Waals surface area contributed by atoms with Crippen LogP contribution in [0.25, 0.3) is 11.0 Å². The van der Waals surface area contributed by atoms with E-state index in [0.717, 1.165) is 35.6 Å². The second-order valence-electron chi connectivity index (χ2n) is 8.84. The van der Waals surface area contributed by atoms with Crippen LogP contribution in [0.3, 0.4) is 0 Å². The summed E-state index contributed by atoms with van der Waals surface area (Å²) in [6.45, 7) is 8.38. The summed E-state index contributed by atoms with van der Waals surface area (Å²) in [5.74, 6) is 2.14. The zero-order chi connectivity index (χ0) is 21.3. The number of hydrogen-bond acceptors (Lipinski definition) is 3. The monoisotopic (exact) mass is 425 g/mol. The number of carbonyl (C=O) groups is 1. The predicted octanol–water partition coefficient (Wildman–Crippen LogP) is 5.27. The van der Waals surface area contributed by atoms with E-state index in [1.165, 1.54) is 0 Å². The van der Waals surface area contributed by atoms with E-state index in [2.05, 4.69) is 31.4 Å². The molecule has 1 aliphatic rings. The Labute approximate surface area is 182 Å². The van der Waals surface area contributed by atoms with Crippen LogP contribution in [0.15, 0.2) is 48.5 Å². The van der Waals surface area contributed by atoms with E-state index in [1.807, 2.05) is 47.4 Å². The molecule has 1 fully saturated rings. The minimum atomic E-state index is -0.172. The zero-order valence-electron chi connectivity index (χ0n) is 17.8. The van der Waals surface area contributed by atoms with Crippen LogP contribution < -0.4 is 4.74 Å². The standard InChI is InChI=1S/C24H28ClN3O2/c1-24(2,3)28-16-17(15-22(28)29)23-26-20-7-4-5-8-21(20)27(23)13-6-14-30-19-11-9-18(25)10-12-19/h4-5,7-12,17H,6,13-16H2,1-3H3. The Bertz CT molecular complexity index is 1040. The number of ether oxygens (including phenoxy) is 1. The van der Waals surface area contributed by atoms with Crippen molar-refractivity contribution in [2.45, 2.75) is 51.6 Å². The third-order valence-electron chi connectivity index (χ3n) is 5.59. The third kappa shape index (κ3) is 4.31. The number of imidazole rings is 1. The number of likely N-dealkylation sites (tertiary alicyclic amines) is 1. The van der Waals surface area contributed by atoms with Crippen LogP contribution in [0.5, 0.6) is 5.75 Å². The van der Waals surface area contributed by atoms with Crippen molar-refractivity contribution in [3.8, 4) is 5.75 Å². The normalized spacial score (nSPS) is 17.1. The fourth-order valence-corrected chi connectivity index (χ4v) is 4.24. The second-order valence-corrected chi connectivity index (χ2v) is 9.28. The largest absolute Gasteiger partial charge is 0.494 e. The Morgan fingerprint density at radius 2 is 1.87 bits per heavy atom. The van der Waals surface area contributed by atoms with Crippen LogP contribution in [0, 0.1) is 0 Å². The first-order valence-corrected chi connectivity index (χ1v) is 10.8. The van der Waals surface area contributed by atoms with Gasteiger partial charge in [0.25, 0.3) is 0 Å². The molecule has 0 saturated carbocycles. The van der Waals surface area contributed by atoms with Crippen molar-refractivity contribution in [1.82, 2.24) is 14.5 Å². The number of para-hydroxylation sites is 2. The first-order chi connectivity index (χ1) is 14.3. The fraction of sp³-hybridized carbons (Fsp3) is 0.417. The molecule has 5 nitrogen and oxygen atoms in total. The number of fused-ring (bicyclic) bond motifs is 1. The molecule has 0 bridgehead atoms. The van der Waals surface area contributed by atoms with Crippen molar-refractivity contribution in [2.24, 2.45) is 0 Å². The number of aryl methyl sites for hydroxylation is 1. The van der Waals surface area contributed by atoms with Gasteiger partial charge in [0.1, 0.15) is 11.6 Å². The first-order valence-electron chi connectivity index (χ1n) is 10.5. The van der Waals surface area contributed by atoms with Crippen molar-refractivity contribution >= 4 is 28.5 Å². The molecule has 1 saturated heterocycles. The first kappa shape index (κ1) is 20.7. The SMILES string of the molecule is CC(C)(C)N1CC(c2nc3ccccc3n2CCCOc2ccc(Cl)cc2)CC1=O. The smallest absolute Gasteiger partial charge is 0.223 e. The van der Waals surface area contributed by atoms with Crippen LogP contribution in [0.4, 0.5) is 0 Å². The minimum Gasteiger partial charge on any atom is -0.494 e. The lowest BCUT2D eigenvalue weighted by atomic mass is 10.1. The number of rotatable bonds is 6. The van der Waals surface area contributed by atoms with E-state index in [9.17, 15) is 4.79 Å². The number of amides is 1. The molecule has 0 aliphatic carbocycles. The average Bonchev–Trinajstić information content (AvgIpc) is 3.27. The van der Waals surface area contributed by atoms with E-state index in [1.54, 1.807) is 0 Å². The van der Waals surface area contributed by atoms with Gasteiger partial charge in [0.05, 0.1) is 17.6 Å². The van der Waals surface area contributed by atoms with Crippen LogP contribution in [-0.4, -0.2) is 39.0 Å². The highest BCUT2D eigenvalue weighted by molar-refractivity contribution is 6.30. The molecule has 1 aliphatic heterocycles. The van der Waals surface area contributed by atoms with Gasteiger partial charge in [-0.05, 0) is 63.6 Å². The fourth-order valence-electron chi connectivity index (χ4n) is 4.11. The van der Waals surface area contributed by atoms with Gasteiger partial charge in [-0.15, -0.1) is 0 Å². The lowest BCUT2D eigenvalue weighted by molar-refractivity contribution is -0.131. The maximum atomic E-state index is 12.6. The molecule has 0 spiro atoms. The third-order valence-corrected chi connectivity index (χ3v) is 5.84. The summed E-state index contributed by atoms with van der Waals surface area (Å²) < 4.78 is 8.13. The van der Waals surface area contributed by atoms with Gasteiger partial charge in [-0.2, -0.15) is 0 Å². The highest BCUT2D eigenvalue weighted by atomic mass is 35.5. The quantitative estimate of drug-likeness (QED) is 0.505. The molecule has 0 radical (unpaired) electrons. The van der Waals surface area contributed by atoms with Crippen LogP contribution >= 0.6 is 11.6 Å². The van der Waals surface area contributed by atoms with Crippen molar-refractivity contribution < 1.29 is 9.53 Å². The lowest BCUT2D eigenvalue weighted by Gasteiger charge is -2.32. The van der Waals surface area contributed by atoms with Crippen LogP contribution in [-0.2, 0) is 11.3 Å². The van der Waals surface area contributed by atoms with Gasteiger partial charge in [0.2, 0.25) is 5.91 Å². The van der Waals surface area contributed by atoms with E-state index in [0.29, 0.717) is 24.6 Å². The van der Waals surface area contributed by atoms with Gasteiger partial charge in [0, 0.05) is 36.0 Å². The summed E-state index contributed by atoms with van der Waals surface area (Å²) in [7, 11) is 0. The van der Waals surface area contributed by atoms with Gasteiger partial charge < -0.3 is 14.2 Å². The molecule has 6 heteroatoms. The molecular formula is C24H28ClN3O2. The number of carbonyl (C=O) groups excluding carboxylic acids is 1. The zero-order valence-corrected chi connectivity index (χ0v) is 18.5. The molecule has 0 N–H and O–H groups in total. The van der Waals surface area contributed by atoms with Crippen LogP contribution in [0.1, 0.15) is 45.4 Å². The molecule has 158 valence electrons. The van der Waals surface area contributed by atoms with Gasteiger partial charge in [-0.25, -0.2) is 4.98 Å². The highest BCUT2D eigenvalue weighted by Gasteiger charge is 2.38. The molecule has 3 aromatic rings. The summed E-state index contributed by atoms with van der Waals surface area (Å²) in [4.78, 5) is 19.5. The molecule has 2 heterocycles. The maximum absolute atomic E-state index is 12.6. The Morgan fingerprint density at radius 1 is 1.13 bits per heavy atom. The number of hydrogen-bond donors (Lipinski definition) is 0. The summed E-state index contributed by atoms with van der Waals surface area (Å²) in [5.41, 5.74) is 1.92. The Balaban J connectivity index is 1.51. The van der Waals surface area contributed by atoms with E-state index in [4.69, 9.17) is 21.3 Å². The van der Waals surface area contributed by atoms with E-state index in [-0.39, 0.29) is 17.4 Å². The number of benzene rings is 2. The second kappa shape index (κ2) is 8.31. The van der Waals surface area contributed by atoms with Crippen molar-refractivity contribution in [3.63, 3.8) is 0 Å². The Kier molecular flexibility index (Phi) is 5.74. The summed E-state index contributed by atoms with van der Waals surface area (Å²) in [6.07, 6.45) is 1.36. The molecule has 4 rings (SSSR count). The molecular weight excluding hydrogens is 398 g/mol. The topological polar surface area (TPSA) is 47.4 Å². The summed E-state index contributed by atoms with van der Waals surface area (Å²) in [6, 6.07) is 15.6. The highest BCUT2D eigenvalue weighted by Crippen LogP contribution is 2.34. The average molecular weight is 426 g/mol. The van der Waals surface area contributed by atoms with Crippen molar-refractivity contribution in [3.05, 3.63) is 59.4 Å². The summed E-state index contributed by atoms with van der Waals surface area (Å²) in [5, 5.41) is 0.701.